The van der Waals surface area contributed by atoms with Crippen molar-refractivity contribution in [2.75, 3.05) is 0 Å². The van der Waals surface area contributed by atoms with Gasteiger partial charge in [0.2, 0.25) is 0 Å². The lowest BCUT2D eigenvalue weighted by Gasteiger charge is -2.08. The van der Waals surface area contributed by atoms with Crippen LogP contribution >= 0.6 is 38.5 Å². The first-order chi connectivity index (χ1) is 6.57. The number of hydrogen-bond acceptors (Lipinski definition) is 2. The zero-order chi connectivity index (χ0) is 10.7. The zero-order valence-corrected chi connectivity index (χ0v) is 10.5. The third-order valence-electron chi connectivity index (χ3n) is 1.56. The normalized spacial score (nSPS) is 10.3. The highest BCUT2D eigenvalue weighted by Crippen LogP contribution is 2.31. The van der Waals surface area contributed by atoms with E-state index in [9.17, 15) is 8.78 Å². The Kier molecular flexibility index (Phi) is 4.19. The Morgan fingerprint density at radius 3 is 2.79 bits per heavy atom. The molecule has 0 radical (unpaired) electrons. The summed E-state index contributed by atoms with van der Waals surface area (Å²) in [7, 11) is 0. The Bertz CT molecular complexity index is 390. The van der Waals surface area contributed by atoms with Crippen molar-refractivity contribution >= 4 is 38.5 Å². The van der Waals surface area contributed by atoms with Crippen molar-refractivity contribution in [1.29, 1.82) is 5.26 Å². The van der Waals surface area contributed by atoms with E-state index in [1.165, 1.54) is 6.20 Å². The van der Waals surface area contributed by atoms with Gasteiger partial charge in [-0.25, -0.2) is 13.8 Å². The monoisotopic (exact) mass is 372 g/mol. The van der Waals surface area contributed by atoms with Crippen molar-refractivity contribution in [3.05, 3.63) is 25.5 Å². The van der Waals surface area contributed by atoms with Gasteiger partial charge in [0, 0.05) is 9.77 Å². The molecule has 0 N–H and O–H groups in total. The molecule has 0 fully saturated rings. The number of hydrogen-bond donors (Lipinski definition) is 0. The smallest absolute Gasteiger partial charge is 0.248 e. The van der Waals surface area contributed by atoms with E-state index >= 15 is 0 Å². The molecule has 1 aromatic heterocycles. The molecule has 0 spiro atoms. The number of halogens is 4. The summed E-state index contributed by atoms with van der Waals surface area (Å²) >= 11 is 4.76. The Morgan fingerprint density at radius 2 is 2.29 bits per heavy atom. The molecule has 14 heavy (non-hydrogen) atoms. The summed E-state index contributed by atoms with van der Waals surface area (Å²) in [5.74, 6) is 0. The van der Waals surface area contributed by atoms with E-state index in [1.54, 1.807) is 22.6 Å². The van der Waals surface area contributed by atoms with Gasteiger partial charge in [0.15, 0.2) is 0 Å². The standard InChI is InChI=1S/C8H4BrF2IN2/c9-7-5(8(10)11)6(12)4(1-2-13)3-14-7/h3,8H,1H2. The van der Waals surface area contributed by atoms with Gasteiger partial charge in [-0.15, -0.1) is 0 Å². The number of rotatable bonds is 2. The van der Waals surface area contributed by atoms with Gasteiger partial charge < -0.3 is 0 Å². The number of alkyl halides is 2. The lowest BCUT2D eigenvalue weighted by atomic mass is 10.2. The minimum atomic E-state index is -2.58. The van der Waals surface area contributed by atoms with Crippen molar-refractivity contribution in [3.63, 3.8) is 0 Å². The molecule has 0 saturated heterocycles. The van der Waals surface area contributed by atoms with Crippen molar-refractivity contribution in [2.24, 2.45) is 0 Å². The van der Waals surface area contributed by atoms with Crippen molar-refractivity contribution in [2.45, 2.75) is 12.8 Å². The van der Waals surface area contributed by atoms with Crippen molar-refractivity contribution in [1.82, 2.24) is 4.98 Å². The van der Waals surface area contributed by atoms with Crippen LogP contribution in [0.25, 0.3) is 0 Å². The first-order valence-electron chi connectivity index (χ1n) is 3.55. The first kappa shape index (κ1) is 11.8. The number of pyridine rings is 1. The maximum Gasteiger partial charge on any atom is 0.267 e. The second-order valence-corrected chi connectivity index (χ2v) is 4.27. The summed E-state index contributed by atoms with van der Waals surface area (Å²) in [5.41, 5.74) is 0.393. The Morgan fingerprint density at radius 1 is 1.64 bits per heavy atom. The van der Waals surface area contributed by atoms with Crippen molar-refractivity contribution in [3.8, 4) is 6.07 Å². The lowest BCUT2D eigenvalue weighted by molar-refractivity contribution is 0.149. The fourth-order valence-electron chi connectivity index (χ4n) is 0.919. The zero-order valence-electron chi connectivity index (χ0n) is 6.77. The van der Waals surface area contributed by atoms with Crippen LogP contribution in [0.1, 0.15) is 17.6 Å². The molecule has 0 aliphatic heterocycles. The molecule has 0 aliphatic carbocycles. The van der Waals surface area contributed by atoms with Crippen LogP contribution in [0.2, 0.25) is 0 Å². The van der Waals surface area contributed by atoms with Gasteiger partial charge >= 0.3 is 0 Å². The number of aromatic nitrogens is 1. The summed E-state index contributed by atoms with van der Waals surface area (Å²) in [6, 6.07) is 1.91. The van der Waals surface area contributed by atoms with Crippen LogP contribution in [0.15, 0.2) is 10.8 Å². The van der Waals surface area contributed by atoms with Crippen molar-refractivity contribution < 1.29 is 8.78 Å². The first-order valence-corrected chi connectivity index (χ1v) is 5.43. The molecule has 1 rings (SSSR count). The fourth-order valence-corrected chi connectivity index (χ4v) is 2.58. The molecule has 2 nitrogen and oxygen atoms in total. The summed E-state index contributed by atoms with van der Waals surface area (Å²) in [6.07, 6.45) is -1.05. The van der Waals surface area contributed by atoms with Crippen LogP contribution in [-0.2, 0) is 6.42 Å². The van der Waals surface area contributed by atoms with Gasteiger partial charge in [0.25, 0.3) is 6.43 Å². The summed E-state index contributed by atoms with van der Waals surface area (Å²) in [4.78, 5) is 3.76. The lowest BCUT2D eigenvalue weighted by Crippen LogP contribution is -1.99. The minimum Gasteiger partial charge on any atom is -0.248 e. The molecule has 1 aromatic rings. The molecule has 0 aliphatic rings. The summed E-state index contributed by atoms with van der Waals surface area (Å²) in [5, 5.41) is 8.46. The molecule has 0 atom stereocenters. The molecule has 0 unspecified atom stereocenters. The third kappa shape index (κ3) is 2.39. The Balaban J connectivity index is 3.28. The highest BCUT2D eigenvalue weighted by molar-refractivity contribution is 14.1. The minimum absolute atomic E-state index is 0.0955. The predicted molar refractivity (Wildman–Crippen MR) is 58.9 cm³/mol. The van der Waals surface area contributed by atoms with Gasteiger partial charge in [-0.1, -0.05) is 0 Å². The maximum absolute atomic E-state index is 12.6. The Hall–Kier alpha value is -0.290. The molecule has 1 heterocycles. The predicted octanol–water partition coefficient (Wildman–Crippen LogP) is 3.45. The van der Waals surface area contributed by atoms with E-state index in [1.807, 2.05) is 6.07 Å². The quantitative estimate of drug-likeness (QED) is 0.589. The molecular weight excluding hydrogens is 369 g/mol. The molecule has 74 valence electrons. The van der Waals surface area contributed by atoms with Crippen LogP contribution in [0.4, 0.5) is 8.78 Å². The topological polar surface area (TPSA) is 36.7 Å². The fraction of sp³-hybridized carbons (Fsp3) is 0.250. The highest BCUT2D eigenvalue weighted by atomic mass is 127. The van der Waals surface area contributed by atoms with E-state index in [2.05, 4.69) is 20.9 Å². The average Bonchev–Trinajstić information content (AvgIpc) is 2.10. The molecular formula is C8H4BrF2IN2. The Labute approximate surface area is 102 Å². The van der Waals surface area contributed by atoms with Gasteiger partial charge in [-0.3, -0.25) is 0 Å². The molecule has 0 bridgehead atoms. The number of nitriles is 1. The second-order valence-electron chi connectivity index (χ2n) is 2.44. The second kappa shape index (κ2) is 4.98. The van der Waals surface area contributed by atoms with Crippen LogP contribution < -0.4 is 0 Å². The van der Waals surface area contributed by atoms with Gasteiger partial charge in [0.1, 0.15) is 4.60 Å². The van der Waals surface area contributed by atoms with E-state index in [4.69, 9.17) is 5.26 Å². The SMILES string of the molecule is N#CCc1cnc(Br)c(C(F)F)c1I. The van der Waals surface area contributed by atoms with Gasteiger partial charge in [0.05, 0.1) is 18.1 Å². The summed E-state index contributed by atoms with van der Waals surface area (Å²) in [6.45, 7) is 0. The van der Waals surface area contributed by atoms with Gasteiger partial charge in [-0.05, 0) is 44.1 Å². The van der Waals surface area contributed by atoms with E-state index in [0.717, 1.165) is 0 Å². The molecule has 0 amide bonds. The largest absolute Gasteiger partial charge is 0.267 e. The summed E-state index contributed by atoms with van der Waals surface area (Å²) < 4.78 is 25.6. The molecule has 6 heteroatoms. The molecule has 0 aromatic carbocycles. The van der Waals surface area contributed by atoms with Crippen LogP contribution in [-0.4, -0.2) is 4.98 Å². The third-order valence-corrected chi connectivity index (χ3v) is 3.47. The van der Waals surface area contributed by atoms with E-state index < -0.39 is 6.43 Å². The van der Waals surface area contributed by atoms with E-state index in [-0.39, 0.29) is 16.6 Å². The van der Waals surface area contributed by atoms with Crippen LogP contribution in [0.3, 0.4) is 0 Å². The highest BCUT2D eigenvalue weighted by Gasteiger charge is 2.19. The number of nitrogens with zero attached hydrogens (tertiary/aromatic N) is 2. The van der Waals surface area contributed by atoms with Crippen LogP contribution in [0.5, 0.6) is 0 Å². The van der Waals surface area contributed by atoms with E-state index in [0.29, 0.717) is 9.13 Å². The van der Waals surface area contributed by atoms with Crippen LogP contribution in [0, 0.1) is 14.9 Å². The molecule has 0 saturated carbocycles. The average molecular weight is 373 g/mol. The maximum atomic E-state index is 12.6. The van der Waals surface area contributed by atoms with Gasteiger partial charge in [-0.2, -0.15) is 5.26 Å².